The molecule has 0 spiro atoms. The SMILES string of the molecule is CC1=[C-]C(C)C(C)=C1C.[Hf].[NH-]C12CC3CC(C1)CC(F)(C3)C2.c1cc[c]([GeH][c]2ccccc2)cc1. The van der Waals surface area contributed by atoms with Crippen molar-refractivity contribution in [3.63, 3.8) is 0 Å². The molecule has 3 unspecified atom stereocenters. The molecule has 35 heavy (non-hydrogen) atoms. The average Bonchev–Trinajstić information content (AvgIpc) is 2.99. The van der Waals surface area contributed by atoms with Crippen molar-refractivity contribution in [1.29, 1.82) is 0 Å². The molecule has 2 aromatic rings. The molecule has 3 atom stereocenters. The van der Waals surface area contributed by atoms with Crippen LogP contribution in [-0.4, -0.2) is 26.6 Å². The number of alkyl halides is 1. The number of halogens is 1. The van der Waals surface area contributed by atoms with Crippen LogP contribution in [0.2, 0.25) is 0 Å². The fourth-order valence-corrected chi connectivity index (χ4v) is 9.15. The first-order chi connectivity index (χ1) is 16.1. The van der Waals surface area contributed by atoms with E-state index in [1.807, 2.05) is 0 Å². The van der Waals surface area contributed by atoms with E-state index in [-0.39, 0.29) is 31.4 Å². The van der Waals surface area contributed by atoms with Gasteiger partial charge in [-0.05, 0) is 37.5 Å². The van der Waals surface area contributed by atoms with Crippen LogP contribution in [0.4, 0.5) is 4.39 Å². The predicted molar refractivity (Wildman–Crippen MR) is 145 cm³/mol. The molecule has 5 aliphatic rings. The first-order valence-electron chi connectivity index (χ1n) is 12.8. The van der Waals surface area contributed by atoms with E-state index in [0.717, 1.165) is 25.7 Å². The summed E-state index contributed by atoms with van der Waals surface area (Å²) in [6, 6.07) is 21.5. The van der Waals surface area contributed by atoms with Gasteiger partial charge < -0.3 is 5.73 Å². The van der Waals surface area contributed by atoms with Crippen LogP contribution in [0, 0.1) is 23.8 Å². The average molecular weight is 696 g/mol. The zero-order valence-electron chi connectivity index (χ0n) is 21.7. The summed E-state index contributed by atoms with van der Waals surface area (Å²) >= 11 is -0.392. The first-order valence-corrected chi connectivity index (χ1v) is 15.2. The second kappa shape index (κ2) is 12.2. The van der Waals surface area contributed by atoms with Crippen molar-refractivity contribution in [3.8, 4) is 0 Å². The Bertz CT molecular complexity index is 961. The molecule has 4 heteroatoms. The Hall–Kier alpha value is -0.777. The summed E-state index contributed by atoms with van der Waals surface area (Å²) in [5, 5.41) is 0. The molecule has 1 radical (unpaired) electrons. The van der Waals surface area contributed by atoms with Crippen molar-refractivity contribution in [3.05, 3.63) is 89.2 Å². The molecule has 4 fully saturated rings. The Morgan fingerprint density at radius 2 is 1.34 bits per heavy atom. The quantitative estimate of drug-likeness (QED) is 0.242. The van der Waals surface area contributed by atoms with Gasteiger partial charge in [0.15, 0.2) is 0 Å². The number of benzene rings is 2. The normalized spacial score (nSPS) is 32.1. The topological polar surface area (TPSA) is 23.8 Å². The minimum absolute atomic E-state index is 0. The molecule has 4 bridgehead atoms. The van der Waals surface area contributed by atoms with Crippen LogP contribution in [-0.2, 0) is 25.8 Å². The van der Waals surface area contributed by atoms with Crippen molar-refractivity contribution in [2.75, 3.05) is 0 Å². The minimum atomic E-state index is -0.925. The fourth-order valence-electron chi connectivity index (χ4n) is 6.60. The van der Waals surface area contributed by atoms with Gasteiger partial charge in [-0.15, -0.1) is 12.5 Å². The molecule has 1 nitrogen and oxygen atoms in total. The zero-order chi connectivity index (χ0) is 24.3. The molecule has 4 saturated carbocycles. The van der Waals surface area contributed by atoms with E-state index >= 15 is 0 Å². The maximum atomic E-state index is 14.0. The van der Waals surface area contributed by atoms with Crippen LogP contribution in [0.1, 0.15) is 66.2 Å². The van der Waals surface area contributed by atoms with Crippen LogP contribution in [0.3, 0.4) is 0 Å². The molecule has 7 rings (SSSR count). The van der Waals surface area contributed by atoms with Gasteiger partial charge in [-0.3, -0.25) is 6.08 Å². The van der Waals surface area contributed by atoms with E-state index in [1.54, 1.807) is 0 Å². The van der Waals surface area contributed by atoms with E-state index < -0.39 is 21.1 Å². The van der Waals surface area contributed by atoms with E-state index in [1.165, 1.54) is 31.9 Å². The zero-order valence-corrected chi connectivity index (χ0v) is 27.7. The summed E-state index contributed by atoms with van der Waals surface area (Å²) in [6.45, 7) is 8.67. The predicted octanol–water partition coefficient (Wildman–Crippen LogP) is 6.89. The van der Waals surface area contributed by atoms with Crippen molar-refractivity contribution in [1.82, 2.24) is 0 Å². The summed E-state index contributed by atoms with van der Waals surface area (Å²) in [4.78, 5) is 0. The number of hydrogen-bond acceptors (Lipinski definition) is 0. The Kier molecular flexibility index (Phi) is 10.0. The van der Waals surface area contributed by atoms with Crippen LogP contribution in [0.5, 0.6) is 0 Å². The molecule has 0 saturated heterocycles. The molecule has 0 aliphatic heterocycles. The Labute approximate surface area is 237 Å². The molecule has 0 heterocycles. The van der Waals surface area contributed by atoms with Gasteiger partial charge >= 0.3 is 84.9 Å². The van der Waals surface area contributed by atoms with Gasteiger partial charge in [0.1, 0.15) is 5.67 Å². The summed E-state index contributed by atoms with van der Waals surface area (Å²) in [7, 11) is 0. The van der Waals surface area contributed by atoms with Gasteiger partial charge in [-0.25, -0.2) is 9.96 Å². The Morgan fingerprint density at radius 3 is 1.66 bits per heavy atom. The summed E-state index contributed by atoms with van der Waals surface area (Å²) in [5.41, 5.74) is 11.1. The number of nitrogens with one attached hydrogen (secondary N) is 1. The van der Waals surface area contributed by atoms with E-state index in [4.69, 9.17) is 5.73 Å². The molecule has 1 N–H and O–H groups in total. The Morgan fingerprint density at radius 1 is 0.857 bits per heavy atom. The summed E-state index contributed by atoms with van der Waals surface area (Å²) in [6.07, 6.45) is 8.61. The molecule has 185 valence electrons. The first kappa shape index (κ1) is 28.8. The van der Waals surface area contributed by atoms with E-state index in [0.29, 0.717) is 24.2 Å². The molecule has 0 amide bonds. The Balaban J connectivity index is 0.000000147. The van der Waals surface area contributed by atoms with Crippen LogP contribution >= 0.6 is 0 Å². The molecule has 0 aromatic heterocycles. The third kappa shape index (κ3) is 7.61. The third-order valence-corrected chi connectivity index (χ3v) is 11.2. The third-order valence-electron chi connectivity index (χ3n) is 8.16. The van der Waals surface area contributed by atoms with Gasteiger partial charge in [0.05, 0.1) is 0 Å². The number of hydrogen-bond donors (Lipinski definition) is 0. The van der Waals surface area contributed by atoms with E-state index in [2.05, 4.69) is 94.4 Å². The molecule has 5 aliphatic carbocycles. The van der Waals surface area contributed by atoms with Gasteiger partial charge in [0.2, 0.25) is 0 Å². The van der Waals surface area contributed by atoms with E-state index in [9.17, 15) is 4.39 Å². The maximum absolute atomic E-state index is 14.0. The van der Waals surface area contributed by atoms with Crippen LogP contribution < -0.4 is 8.79 Å². The molecular weight excluding hydrogens is 656 g/mol. The standard InChI is InChI=1S/C12H11Ge.C10H15FN.C9H13.Hf/c1-3-7-11(8-4-1)13-12-9-5-2-6-10-12;11-9-2-7-1-8(3-9)5-10(12,4-7)6-9;1-6-5-7(2)9(4)8(6)3;/h1-10,13H;7-8,12H,1-6H2;6H,1-4H3;/q;2*-1;. The summed E-state index contributed by atoms with van der Waals surface area (Å²) in [5.74, 6) is 1.66. The monoisotopic (exact) mass is 698 g/mol. The van der Waals surface area contributed by atoms with Gasteiger partial charge in [0.25, 0.3) is 0 Å². The number of rotatable bonds is 2. The second-order valence-corrected chi connectivity index (χ2v) is 14.6. The second-order valence-electron chi connectivity index (χ2n) is 11.2. The van der Waals surface area contributed by atoms with Gasteiger partial charge in [-0.1, -0.05) is 39.5 Å². The number of allylic oxidation sites excluding steroid dienone is 4. The van der Waals surface area contributed by atoms with Crippen LogP contribution in [0.25, 0.3) is 5.73 Å². The summed E-state index contributed by atoms with van der Waals surface area (Å²) < 4.78 is 17.1. The van der Waals surface area contributed by atoms with Crippen molar-refractivity contribution in [2.45, 2.75) is 77.4 Å². The molecule has 2 aromatic carbocycles. The van der Waals surface area contributed by atoms with Crippen molar-refractivity contribution < 1.29 is 30.2 Å². The van der Waals surface area contributed by atoms with Gasteiger partial charge in [-0.2, -0.15) is 11.1 Å². The molecular formula is C31H39FGeHfN-2. The van der Waals surface area contributed by atoms with Crippen molar-refractivity contribution in [2.24, 2.45) is 17.8 Å². The van der Waals surface area contributed by atoms with Crippen LogP contribution in [0.15, 0.2) is 77.4 Å². The fraction of sp³-hybridized carbons (Fsp3) is 0.484. The van der Waals surface area contributed by atoms with Crippen molar-refractivity contribution >= 4 is 24.2 Å². The van der Waals surface area contributed by atoms with Gasteiger partial charge in [0, 0.05) is 25.8 Å².